The molecule has 1 aromatic carbocycles. The van der Waals surface area contributed by atoms with Gasteiger partial charge in [-0.2, -0.15) is 0 Å². The van der Waals surface area contributed by atoms with Crippen LogP contribution in [0.5, 0.6) is 0 Å². The summed E-state index contributed by atoms with van der Waals surface area (Å²) >= 11 is 10.8. The smallest absolute Gasteiger partial charge is 0.273 e. The minimum atomic E-state index is -0.729. The van der Waals surface area contributed by atoms with Gasteiger partial charge in [0.25, 0.3) is 10.9 Å². The molecule has 0 bridgehead atoms. The molecule has 0 spiro atoms. The first-order valence-electron chi connectivity index (χ1n) is 3.58. The van der Waals surface area contributed by atoms with E-state index < -0.39 is 10.2 Å². The minimum Gasteiger partial charge on any atom is -0.276 e. The zero-order chi connectivity index (χ0) is 10.9. The molecule has 0 aromatic heterocycles. The van der Waals surface area contributed by atoms with Crippen LogP contribution in [-0.4, -0.2) is 10.2 Å². The van der Waals surface area contributed by atoms with Crippen molar-refractivity contribution in [3.8, 4) is 0 Å². The van der Waals surface area contributed by atoms with Crippen molar-refractivity contribution in [2.75, 3.05) is 0 Å². The van der Waals surface area contributed by atoms with E-state index in [1.54, 1.807) is 0 Å². The summed E-state index contributed by atoms with van der Waals surface area (Å²) in [6.07, 6.45) is 0. The molecule has 4 nitrogen and oxygen atoms in total. The van der Waals surface area contributed by atoms with Crippen LogP contribution in [0.4, 0.5) is 5.69 Å². The maximum Gasteiger partial charge on any atom is 0.273 e. The van der Waals surface area contributed by atoms with Gasteiger partial charge in [0.1, 0.15) is 0 Å². The topological polar surface area (TPSA) is 60.2 Å². The molecule has 0 radical (unpaired) electrons. The summed E-state index contributed by atoms with van der Waals surface area (Å²) in [6.45, 7) is 1.51. The van der Waals surface area contributed by atoms with Crippen LogP contribution in [0.25, 0.3) is 0 Å². The maximum absolute atomic E-state index is 10.8. The van der Waals surface area contributed by atoms with Gasteiger partial charge in [-0.15, -0.1) is 0 Å². The number of benzene rings is 1. The van der Waals surface area contributed by atoms with E-state index in [1.807, 2.05) is 0 Å². The summed E-state index contributed by atoms with van der Waals surface area (Å²) in [6, 6.07) is 2.42. The number of aryl methyl sites for hydroxylation is 1. The van der Waals surface area contributed by atoms with E-state index >= 15 is 0 Å². The predicted molar refractivity (Wildman–Crippen MR) is 53.0 cm³/mol. The number of hydrogen-bond acceptors (Lipinski definition) is 3. The Hall–Kier alpha value is -1.13. The number of nitro benzene ring substituents is 1. The molecule has 0 unspecified atom stereocenters. The van der Waals surface area contributed by atoms with E-state index in [1.165, 1.54) is 13.0 Å². The van der Waals surface area contributed by atoms with E-state index in [-0.39, 0.29) is 16.3 Å². The molecule has 1 aromatic rings. The molecule has 0 saturated heterocycles. The van der Waals surface area contributed by atoms with Crippen molar-refractivity contribution >= 4 is 34.1 Å². The molecule has 0 heterocycles. The van der Waals surface area contributed by atoms with Crippen LogP contribution >= 0.6 is 23.2 Å². The lowest BCUT2D eigenvalue weighted by Crippen LogP contribution is -1.96. The third-order valence-electron chi connectivity index (χ3n) is 1.69. The first-order valence-corrected chi connectivity index (χ1v) is 4.33. The summed E-state index contributed by atoms with van der Waals surface area (Å²) in [5.74, 6) is 0. The summed E-state index contributed by atoms with van der Waals surface area (Å²) in [5.41, 5.74) is 0.302. The molecular formula is C8H5Cl2NO3. The Kier molecular flexibility index (Phi) is 3.08. The van der Waals surface area contributed by atoms with Crippen LogP contribution in [0.3, 0.4) is 0 Å². The van der Waals surface area contributed by atoms with Gasteiger partial charge in [-0.3, -0.25) is 14.9 Å². The number of nitrogens with zero attached hydrogens (tertiary/aromatic N) is 1. The maximum atomic E-state index is 10.8. The SMILES string of the molecule is Cc1cc(C(=O)Cl)c(Cl)cc1[N+](=O)[O-]. The average Bonchev–Trinajstić information content (AvgIpc) is 2.07. The van der Waals surface area contributed by atoms with E-state index in [0.29, 0.717) is 5.56 Å². The van der Waals surface area contributed by atoms with Gasteiger partial charge in [-0.25, -0.2) is 0 Å². The molecule has 0 saturated carbocycles. The molecule has 0 N–H and O–H groups in total. The van der Waals surface area contributed by atoms with Crippen LogP contribution in [0.2, 0.25) is 5.02 Å². The second kappa shape index (κ2) is 3.94. The highest BCUT2D eigenvalue weighted by Gasteiger charge is 2.16. The van der Waals surface area contributed by atoms with Crippen LogP contribution in [0, 0.1) is 17.0 Å². The average molecular weight is 234 g/mol. The van der Waals surface area contributed by atoms with Crippen LogP contribution < -0.4 is 0 Å². The Bertz CT molecular complexity index is 378. The first kappa shape index (κ1) is 10.9. The van der Waals surface area contributed by atoms with E-state index in [4.69, 9.17) is 23.2 Å². The fourth-order valence-corrected chi connectivity index (χ4v) is 1.47. The van der Waals surface area contributed by atoms with Crippen LogP contribution in [0.1, 0.15) is 15.9 Å². The van der Waals surface area contributed by atoms with Gasteiger partial charge in [-0.1, -0.05) is 11.6 Å². The molecule has 0 aliphatic carbocycles. The molecule has 0 fully saturated rings. The number of rotatable bonds is 2. The minimum absolute atomic E-state index is 0.0118. The molecule has 0 atom stereocenters. The highest BCUT2D eigenvalue weighted by Crippen LogP contribution is 2.27. The lowest BCUT2D eigenvalue weighted by Gasteiger charge is -2.01. The zero-order valence-electron chi connectivity index (χ0n) is 7.08. The van der Waals surface area contributed by atoms with Crippen molar-refractivity contribution in [3.05, 3.63) is 38.4 Å². The monoisotopic (exact) mass is 233 g/mol. The first-order chi connectivity index (χ1) is 6.43. The lowest BCUT2D eigenvalue weighted by molar-refractivity contribution is -0.385. The van der Waals surface area contributed by atoms with Crippen molar-refractivity contribution in [1.29, 1.82) is 0 Å². The molecule has 74 valence electrons. The Labute approximate surface area is 89.6 Å². The third-order valence-corrected chi connectivity index (χ3v) is 2.21. The van der Waals surface area contributed by atoms with Gasteiger partial charge in [0.2, 0.25) is 0 Å². The highest BCUT2D eigenvalue weighted by atomic mass is 35.5. The largest absolute Gasteiger partial charge is 0.276 e. The lowest BCUT2D eigenvalue weighted by atomic mass is 10.1. The van der Waals surface area contributed by atoms with E-state index in [2.05, 4.69) is 0 Å². The van der Waals surface area contributed by atoms with E-state index in [9.17, 15) is 14.9 Å². The van der Waals surface area contributed by atoms with Crippen molar-refractivity contribution in [2.45, 2.75) is 6.92 Å². The quantitative estimate of drug-likeness (QED) is 0.449. The zero-order valence-corrected chi connectivity index (χ0v) is 8.59. The molecule has 0 aliphatic rings. The van der Waals surface area contributed by atoms with Gasteiger partial charge in [0.15, 0.2) is 0 Å². The molecule has 1 rings (SSSR count). The van der Waals surface area contributed by atoms with Gasteiger partial charge in [-0.05, 0) is 24.6 Å². The summed E-state index contributed by atoms with van der Waals surface area (Å²) < 4.78 is 0. The van der Waals surface area contributed by atoms with Crippen molar-refractivity contribution < 1.29 is 9.72 Å². The van der Waals surface area contributed by atoms with E-state index in [0.717, 1.165) is 6.07 Å². The fraction of sp³-hybridized carbons (Fsp3) is 0.125. The molecule has 0 aliphatic heterocycles. The molecule has 0 amide bonds. The molecular weight excluding hydrogens is 229 g/mol. The van der Waals surface area contributed by atoms with Gasteiger partial charge in [0.05, 0.1) is 15.5 Å². The number of carbonyl (C=O) groups excluding carboxylic acids is 1. The number of halogens is 2. The van der Waals surface area contributed by atoms with Crippen molar-refractivity contribution in [3.63, 3.8) is 0 Å². The summed E-state index contributed by atoms with van der Waals surface area (Å²) in [4.78, 5) is 20.7. The Morgan fingerprint density at radius 2 is 2.07 bits per heavy atom. The van der Waals surface area contributed by atoms with Crippen LogP contribution in [-0.2, 0) is 0 Å². The van der Waals surface area contributed by atoms with Crippen molar-refractivity contribution in [2.24, 2.45) is 0 Å². The predicted octanol–water partition coefficient (Wildman–Crippen LogP) is 2.94. The Morgan fingerprint density at radius 1 is 1.50 bits per heavy atom. The van der Waals surface area contributed by atoms with Crippen molar-refractivity contribution in [1.82, 2.24) is 0 Å². The Balaban J connectivity index is 3.38. The van der Waals surface area contributed by atoms with Gasteiger partial charge in [0, 0.05) is 11.6 Å². The summed E-state index contributed by atoms with van der Waals surface area (Å²) in [5, 5.41) is 9.74. The van der Waals surface area contributed by atoms with Crippen LogP contribution in [0.15, 0.2) is 12.1 Å². The third kappa shape index (κ3) is 2.02. The highest BCUT2D eigenvalue weighted by molar-refractivity contribution is 6.68. The fourth-order valence-electron chi connectivity index (χ4n) is 1.02. The number of nitro groups is 1. The second-order valence-electron chi connectivity index (χ2n) is 2.65. The van der Waals surface area contributed by atoms with Gasteiger partial charge >= 0.3 is 0 Å². The number of carbonyl (C=O) groups is 1. The Morgan fingerprint density at radius 3 is 2.50 bits per heavy atom. The van der Waals surface area contributed by atoms with Gasteiger partial charge < -0.3 is 0 Å². The normalized spacial score (nSPS) is 9.93. The standard InChI is InChI=1S/C8H5Cl2NO3/c1-4-2-5(8(10)12)6(9)3-7(4)11(13)14/h2-3H,1H3. The summed E-state index contributed by atoms with van der Waals surface area (Å²) in [7, 11) is 0. The molecule has 6 heteroatoms. The number of hydrogen-bond donors (Lipinski definition) is 0. The second-order valence-corrected chi connectivity index (χ2v) is 3.40. The molecule has 14 heavy (non-hydrogen) atoms.